The highest BCUT2D eigenvalue weighted by Crippen LogP contribution is 2.15. The predicted molar refractivity (Wildman–Crippen MR) is 82.3 cm³/mol. The fourth-order valence-electron chi connectivity index (χ4n) is 1.56. The van der Waals surface area contributed by atoms with Crippen molar-refractivity contribution in [2.24, 2.45) is 0 Å². The monoisotopic (exact) mass is 347 g/mol. The molecule has 0 unspecified atom stereocenters. The number of nitrogens with zero attached hydrogens (tertiary/aromatic N) is 2. The third-order valence-corrected chi connectivity index (χ3v) is 3.47. The molecule has 1 aromatic rings. The van der Waals surface area contributed by atoms with Gasteiger partial charge in [-0.3, -0.25) is 4.79 Å². The molecule has 0 amide bonds. The SMILES string of the molecule is CCCCn1ncc(NCCOCCOC)c(Br)c1=O. The number of aryl methyl sites for hydroxylation is 1. The number of nitrogens with one attached hydrogen (secondary N) is 1. The number of aromatic nitrogens is 2. The summed E-state index contributed by atoms with van der Waals surface area (Å²) in [7, 11) is 1.64. The van der Waals surface area contributed by atoms with Crippen molar-refractivity contribution < 1.29 is 9.47 Å². The number of anilines is 1. The molecule has 114 valence electrons. The van der Waals surface area contributed by atoms with Crippen LogP contribution in [0.2, 0.25) is 0 Å². The molecule has 20 heavy (non-hydrogen) atoms. The second-order valence-corrected chi connectivity index (χ2v) is 5.08. The normalized spacial score (nSPS) is 10.8. The Kier molecular flexibility index (Phi) is 8.48. The van der Waals surface area contributed by atoms with Crippen molar-refractivity contribution in [3.8, 4) is 0 Å². The molecule has 6 nitrogen and oxygen atoms in total. The predicted octanol–water partition coefficient (Wildman–Crippen LogP) is 1.88. The maximum absolute atomic E-state index is 12.0. The van der Waals surface area contributed by atoms with Gasteiger partial charge in [0, 0.05) is 20.2 Å². The van der Waals surface area contributed by atoms with Crippen LogP contribution in [0.25, 0.3) is 0 Å². The zero-order valence-electron chi connectivity index (χ0n) is 12.0. The maximum Gasteiger partial charge on any atom is 0.283 e. The summed E-state index contributed by atoms with van der Waals surface area (Å²) in [5.41, 5.74) is 0.585. The molecular weight excluding hydrogens is 326 g/mol. The van der Waals surface area contributed by atoms with Gasteiger partial charge >= 0.3 is 0 Å². The molecule has 0 radical (unpaired) electrons. The van der Waals surface area contributed by atoms with E-state index in [-0.39, 0.29) is 5.56 Å². The van der Waals surface area contributed by atoms with E-state index in [1.165, 1.54) is 4.68 Å². The summed E-state index contributed by atoms with van der Waals surface area (Å²) in [6.45, 7) is 5.04. The van der Waals surface area contributed by atoms with Gasteiger partial charge in [-0.25, -0.2) is 4.68 Å². The second kappa shape index (κ2) is 9.90. The molecule has 0 spiro atoms. The molecule has 7 heteroatoms. The molecule has 0 aliphatic rings. The lowest BCUT2D eigenvalue weighted by Gasteiger charge is -2.10. The fraction of sp³-hybridized carbons (Fsp3) is 0.692. The van der Waals surface area contributed by atoms with Gasteiger partial charge in [-0.1, -0.05) is 13.3 Å². The van der Waals surface area contributed by atoms with E-state index in [4.69, 9.17) is 9.47 Å². The summed E-state index contributed by atoms with van der Waals surface area (Å²) in [6, 6.07) is 0. The average molecular weight is 348 g/mol. The molecule has 0 aliphatic carbocycles. The van der Waals surface area contributed by atoms with Crippen LogP contribution in [0.1, 0.15) is 19.8 Å². The van der Waals surface area contributed by atoms with Crippen LogP contribution in [0.3, 0.4) is 0 Å². The van der Waals surface area contributed by atoms with Gasteiger partial charge in [-0.15, -0.1) is 0 Å². The van der Waals surface area contributed by atoms with Gasteiger partial charge in [0.05, 0.1) is 31.7 Å². The lowest BCUT2D eigenvalue weighted by molar-refractivity contribution is 0.0759. The van der Waals surface area contributed by atoms with Crippen LogP contribution < -0.4 is 10.9 Å². The fourth-order valence-corrected chi connectivity index (χ4v) is 2.00. The number of hydrogen-bond donors (Lipinski definition) is 1. The molecule has 0 saturated heterocycles. The Labute approximate surface area is 127 Å². The first-order chi connectivity index (χ1) is 9.70. The highest BCUT2D eigenvalue weighted by Gasteiger charge is 2.07. The summed E-state index contributed by atoms with van der Waals surface area (Å²) in [5, 5.41) is 7.28. The first kappa shape index (κ1) is 17.1. The van der Waals surface area contributed by atoms with E-state index in [0.29, 0.717) is 43.1 Å². The van der Waals surface area contributed by atoms with Crippen LogP contribution in [-0.2, 0) is 16.0 Å². The van der Waals surface area contributed by atoms with Crippen molar-refractivity contribution in [2.45, 2.75) is 26.3 Å². The Hall–Kier alpha value is -0.920. The Morgan fingerprint density at radius 1 is 1.40 bits per heavy atom. The number of ether oxygens (including phenoxy) is 2. The van der Waals surface area contributed by atoms with E-state index >= 15 is 0 Å². The van der Waals surface area contributed by atoms with Crippen LogP contribution in [0.5, 0.6) is 0 Å². The third-order valence-electron chi connectivity index (χ3n) is 2.70. The molecule has 0 fully saturated rings. The first-order valence-corrected chi connectivity index (χ1v) is 7.56. The third kappa shape index (κ3) is 5.60. The molecule has 0 aromatic carbocycles. The van der Waals surface area contributed by atoms with Gasteiger partial charge < -0.3 is 14.8 Å². The van der Waals surface area contributed by atoms with Crippen molar-refractivity contribution in [3.63, 3.8) is 0 Å². The lowest BCUT2D eigenvalue weighted by atomic mass is 10.3. The molecule has 1 heterocycles. The highest BCUT2D eigenvalue weighted by atomic mass is 79.9. The Balaban J connectivity index is 2.47. The lowest BCUT2D eigenvalue weighted by Crippen LogP contribution is -2.25. The van der Waals surface area contributed by atoms with E-state index in [0.717, 1.165) is 12.8 Å². The Morgan fingerprint density at radius 3 is 2.90 bits per heavy atom. The van der Waals surface area contributed by atoms with Gasteiger partial charge in [0.25, 0.3) is 5.56 Å². The highest BCUT2D eigenvalue weighted by molar-refractivity contribution is 9.10. The molecule has 1 rings (SSSR count). The Bertz CT molecular complexity index is 451. The first-order valence-electron chi connectivity index (χ1n) is 6.76. The van der Waals surface area contributed by atoms with E-state index in [1.807, 2.05) is 0 Å². The minimum atomic E-state index is -0.108. The number of halogens is 1. The van der Waals surface area contributed by atoms with Crippen LogP contribution in [0, 0.1) is 0 Å². The van der Waals surface area contributed by atoms with Crippen LogP contribution >= 0.6 is 15.9 Å². The van der Waals surface area contributed by atoms with Gasteiger partial charge in [0.1, 0.15) is 4.47 Å². The zero-order chi connectivity index (χ0) is 14.8. The van der Waals surface area contributed by atoms with Crippen molar-refractivity contribution in [2.75, 3.05) is 38.8 Å². The topological polar surface area (TPSA) is 65.4 Å². The number of unbranched alkanes of at least 4 members (excludes halogenated alkanes) is 1. The summed E-state index contributed by atoms with van der Waals surface area (Å²) in [5.74, 6) is 0. The standard InChI is InChI=1S/C13H22BrN3O3/c1-3-4-6-17-13(18)12(14)11(10-16-17)15-5-7-20-9-8-19-2/h10,15H,3-9H2,1-2H3. The molecule has 1 aromatic heterocycles. The summed E-state index contributed by atoms with van der Waals surface area (Å²) < 4.78 is 12.2. The molecule has 0 bridgehead atoms. The molecule has 0 atom stereocenters. The number of rotatable bonds is 10. The van der Waals surface area contributed by atoms with E-state index in [2.05, 4.69) is 33.3 Å². The van der Waals surface area contributed by atoms with Crippen molar-refractivity contribution >= 4 is 21.6 Å². The molecule has 1 N–H and O–H groups in total. The zero-order valence-corrected chi connectivity index (χ0v) is 13.6. The molecule has 0 aliphatic heterocycles. The number of methoxy groups -OCH3 is 1. The molecule has 0 saturated carbocycles. The van der Waals surface area contributed by atoms with Crippen molar-refractivity contribution in [3.05, 3.63) is 21.0 Å². The minimum absolute atomic E-state index is 0.108. The minimum Gasteiger partial charge on any atom is -0.382 e. The van der Waals surface area contributed by atoms with E-state index in [9.17, 15) is 4.79 Å². The number of hydrogen-bond acceptors (Lipinski definition) is 5. The van der Waals surface area contributed by atoms with Gasteiger partial charge in [0.2, 0.25) is 0 Å². The van der Waals surface area contributed by atoms with Crippen LogP contribution in [-0.4, -0.2) is 43.3 Å². The summed E-state index contributed by atoms with van der Waals surface area (Å²) in [6.07, 6.45) is 3.64. The average Bonchev–Trinajstić information content (AvgIpc) is 2.46. The van der Waals surface area contributed by atoms with Gasteiger partial charge in [-0.2, -0.15) is 5.10 Å². The van der Waals surface area contributed by atoms with E-state index < -0.39 is 0 Å². The van der Waals surface area contributed by atoms with Crippen molar-refractivity contribution in [1.82, 2.24) is 9.78 Å². The summed E-state index contributed by atoms with van der Waals surface area (Å²) >= 11 is 3.32. The van der Waals surface area contributed by atoms with Gasteiger partial charge in [-0.05, 0) is 22.4 Å². The maximum atomic E-state index is 12.0. The molecular formula is C13H22BrN3O3. The Morgan fingerprint density at radius 2 is 2.20 bits per heavy atom. The quantitative estimate of drug-likeness (QED) is 0.654. The van der Waals surface area contributed by atoms with Crippen molar-refractivity contribution in [1.29, 1.82) is 0 Å². The summed E-state index contributed by atoms with van der Waals surface area (Å²) in [4.78, 5) is 12.0. The largest absolute Gasteiger partial charge is 0.382 e. The van der Waals surface area contributed by atoms with Gasteiger partial charge in [0.15, 0.2) is 0 Å². The van der Waals surface area contributed by atoms with Crippen LogP contribution in [0.4, 0.5) is 5.69 Å². The van der Waals surface area contributed by atoms with E-state index in [1.54, 1.807) is 13.3 Å². The smallest absolute Gasteiger partial charge is 0.283 e. The second-order valence-electron chi connectivity index (χ2n) is 4.29. The van der Waals surface area contributed by atoms with Crippen LogP contribution in [0.15, 0.2) is 15.5 Å².